The highest BCUT2D eigenvalue weighted by Gasteiger charge is 2.13. The standard InChI is InChI=1S/C20H24N2O3Si/c1-26(2,3)13-12-25-14-22-11-9-17-18(22)8-10-21-19(17)15-4-6-16(7-5-15)20(23)24/h4-11H,12-14H2,1-3H3,(H,23,24). The molecule has 0 bridgehead atoms. The molecule has 0 aliphatic rings. The fourth-order valence-corrected chi connectivity index (χ4v) is 3.53. The molecule has 1 aromatic carbocycles. The van der Waals surface area contributed by atoms with Crippen LogP contribution in [0.1, 0.15) is 10.4 Å². The highest BCUT2D eigenvalue weighted by atomic mass is 28.3. The van der Waals surface area contributed by atoms with E-state index in [1.165, 1.54) is 0 Å². The monoisotopic (exact) mass is 368 g/mol. The van der Waals surface area contributed by atoms with E-state index in [1.807, 2.05) is 18.3 Å². The van der Waals surface area contributed by atoms with Crippen molar-refractivity contribution in [1.82, 2.24) is 9.55 Å². The van der Waals surface area contributed by atoms with Crippen LogP contribution in [0, 0.1) is 0 Å². The van der Waals surface area contributed by atoms with Gasteiger partial charge in [0.1, 0.15) is 6.73 Å². The largest absolute Gasteiger partial charge is 0.478 e. The van der Waals surface area contributed by atoms with Gasteiger partial charge in [0.25, 0.3) is 0 Å². The zero-order valence-electron chi connectivity index (χ0n) is 15.4. The first-order valence-electron chi connectivity index (χ1n) is 8.70. The van der Waals surface area contributed by atoms with Crippen molar-refractivity contribution in [3.8, 4) is 11.3 Å². The Bertz CT molecular complexity index is 911. The Hall–Kier alpha value is -2.44. The molecule has 0 saturated carbocycles. The second kappa shape index (κ2) is 7.43. The van der Waals surface area contributed by atoms with Gasteiger partial charge in [-0.1, -0.05) is 31.8 Å². The first-order chi connectivity index (χ1) is 12.3. The van der Waals surface area contributed by atoms with Gasteiger partial charge in [-0.15, -0.1) is 0 Å². The van der Waals surface area contributed by atoms with E-state index in [0.717, 1.165) is 34.8 Å². The summed E-state index contributed by atoms with van der Waals surface area (Å²) in [4.78, 5) is 15.5. The Morgan fingerprint density at radius 2 is 1.88 bits per heavy atom. The fraction of sp³-hybridized carbons (Fsp3) is 0.300. The number of aromatic carboxylic acids is 1. The highest BCUT2D eigenvalue weighted by Crippen LogP contribution is 2.27. The van der Waals surface area contributed by atoms with E-state index in [1.54, 1.807) is 30.5 Å². The highest BCUT2D eigenvalue weighted by molar-refractivity contribution is 6.76. The van der Waals surface area contributed by atoms with Crippen LogP contribution in [-0.2, 0) is 11.5 Å². The zero-order chi connectivity index (χ0) is 18.7. The van der Waals surface area contributed by atoms with Crippen molar-refractivity contribution in [3.05, 3.63) is 54.4 Å². The van der Waals surface area contributed by atoms with E-state index in [4.69, 9.17) is 9.84 Å². The number of hydrogen-bond acceptors (Lipinski definition) is 3. The third-order valence-corrected chi connectivity index (χ3v) is 6.03. The SMILES string of the molecule is C[Si](C)(C)CCOCn1ccc2c(-c3ccc(C(=O)O)cc3)nccc21. The van der Waals surface area contributed by atoms with Crippen molar-refractivity contribution in [2.24, 2.45) is 0 Å². The molecule has 0 atom stereocenters. The Balaban J connectivity index is 1.81. The number of rotatable bonds is 7. The molecular formula is C20H24N2O3Si. The number of ether oxygens (including phenoxy) is 1. The molecule has 26 heavy (non-hydrogen) atoms. The van der Waals surface area contributed by atoms with Gasteiger partial charge < -0.3 is 14.4 Å². The van der Waals surface area contributed by atoms with Gasteiger partial charge in [0.15, 0.2) is 0 Å². The Labute approximate surface area is 154 Å². The van der Waals surface area contributed by atoms with Gasteiger partial charge in [-0.2, -0.15) is 0 Å². The molecule has 1 N–H and O–H groups in total. The second-order valence-electron chi connectivity index (χ2n) is 7.61. The summed E-state index contributed by atoms with van der Waals surface area (Å²) in [5.41, 5.74) is 3.08. The van der Waals surface area contributed by atoms with Crippen LogP contribution in [0.25, 0.3) is 22.2 Å². The number of pyridine rings is 1. The third kappa shape index (κ3) is 4.20. The second-order valence-corrected chi connectivity index (χ2v) is 13.2. The fourth-order valence-electron chi connectivity index (χ4n) is 2.78. The molecule has 0 aliphatic heterocycles. The van der Waals surface area contributed by atoms with Gasteiger partial charge in [-0.25, -0.2) is 4.79 Å². The van der Waals surface area contributed by atoms with Crippen LogP contribution in [0.15, 0.2) is 48.8 Å². The summed E-state index contributed by atoms with van der Waals surface area (Å²) in [5, 5.41) is 10.1. The average molecular weight is 369 g/mol. The summed E-state index contributed by atoms with van der Waals surface area (Å²) in [6.07, 6.45) is 3.79. The first-order valence-corrected chi connectivity index (χ1v) is 12.4. The van der Waals surface area contributed by atoms with Crippen LogP contribution in [0.5, 0.6) is 0 Å². The summed E-state index contributed by atoms with van der Waals surface area (Å²) in [7, 11) is -1.08. The van der Waals surface area contributed by atoms with Crippen molar-refractivity contribution in [1.29, 1.82) is 0 Å². The molecule has 0 spiro atoms. The summed E-state index contributed by atoms with van der Waals surface area (Å²) in [5.74, 6) is -0.927. The first kappa shape index (κ1) is 18.4. The van der Waals surface area contributed by atoms with Crippen LogP contribution in [0.4, 0.5) is 0 Å². The van der Waals surface area contributed by atoms with E-state index >= 15 is 0 Å². The van der Waals surface area contributed by atoms with E-state index in [0.29, 0.717) is 6.73 Å². The topological polar surface area (TPSA) is 64.3 Å². The molecule has 136 valence electrons. The number of hydrogen-bond donors (Lipinski definition) is 1. The van der Waals surface area contributed by atoms with Crippen LogP contribution < -0.4 is 0 Å². The molecule has 2 aromatic heterocycles. The summed E-state index contributed by atoms with van der Waals surface area (Å²) in [6.45, 7) is 8.33. The van der Waals surface area contributed by atoms with Crippen molar-refractivity contribution in [3.63, 3.8) is 0 Å². The number of benzene rings is 1. The molecular weight excluding hydrogens is 344 g/mol. The smallest absolute Gasteiger partial charge is 0.335 e. The maximum absolute atomic E-state index is 11.0. The predicted molar refractivity (Wildman–Crippen MR) is 106 cm³/mol. The zero-order valence-corrected chi connectivity index (χ0v) is 16.4. The lowest BCUT2D eigenvalue weighted by Crippen LogP contribution is -2.21. The van der Waals surface area contributed by atoms with Crippen LogP contribution >= 0.6 is 0 Å². The summed E-state index contributed by atoms with van der Waals surface area (Å²) in [6, 6.07) is 12.0. The average Bonchev–Trinajstić information content (AvgIpc) is 3.01. The molecule has 3 aromatic rings. The summed E-state index contributed by atoms with van der Waals surface area (Å²) < 4.78 is 7.94. The molecule has 6 heteroatoms. The minimum Gasteiger partial charge on any atom is -0.478 e. The van der Waals surface area contributed by atoms with Gasteiger partial charge in [0.2, 0.25) is 0 Å². The molecule has 0 aliphatic carbocycles. The van der Waals surface area contributed by atoms with Gasteiger partial charge >= 0.3 is 5.97 Å². The molecule has 5 nitrogen and oxygen atoms in total. The Morgan fingerprint density at radius 1 is 1.15 bits per heavy atom. The van der Waals surface area contributed by atoms with Gasteiger partial charge in [-0.05, 0) is 30.3 Å². The number of carboxylic acid groups (broad SMARTS) is 1. The molecule has 2 heterocycles. The van der Waals surface area contributed by atoms with Gasteiger partial charge in [0.05, 0.1) is 16.8 Å². The minimum atomic E-state index is -1.08. The number of nitrogens with zero attached hydrogens (tertiary/aromatic N) is 2. The van der Waals surface area contributed by atoms with E-state index in [9.17, 15) is 4.79 Å². The maximum Gasteiger partial charge on any atom is 0.335 e. The summed E-state index contributed by atoms with van der Waals surface area (Å²) >= 11 is 0. The van der Waals surface area contributed by atoms with Crippen molar-refractivity contribution >= 4 is 24.9 Å². The quantitative estimate of drug-likeness (QED) is 0.484. The van der Waals surface area contributed by atoms with E-state index in [-0.39, 0.29) is 5.56 Å². The maximum atomic E-state index is 11.0. The van der Waals surface area contributed by atoms with E-state index in [2.05, 4.69) is 29.2 Å². The number of carbonyl (C=O) groups is 1. The number of fused-ring (bicyclic) bond motifs is 1. The number of carboxylic acids is 1. The van der Waals surface area contributed by atoms with Crippen molar-refractivity contribution < 1.29 is 14.6 Å². The van der Waals surface area contributed by atoms with Gasteiger partial charge in [0, 0.05) is 38.0 Å². The van der Waals surface area contributed by atoms with Crippen LogP contribution in [0.3, 0.4) is 0 Å². The lowest BCUT2D eigenvalue weighted by Gasteiger charge is -2.15. The molecule has 0 amide bonds. The van der Waals surface area contributed by atoms with Crippen LogP contribution in [-0.4, -0.2) is 35.3 Å². The Kier molecular flexibility index (Phi) is 5.25. The molecule has 3 rings (SSSR count). The molecule has 0 radical (unpaired) electrons. The van der Waals surface area contributed by atoms with Gasteiger partial charge in [-0.3, -0.25) is 4.98 Å². The minimum absolute atomic E-state index is 0.272. The van der Waals surface area contributed by atoms with Crippen molar-refractivity contribution in [2.75, 3.05) is 6.61 Å². The molecule has 0 fully saturated rings. The predicted octanol–water partition coefficient (Wildman–Crippen LogP) is 4.71. The van der Waals surface area contributed by atoms with Crippen LogP contribution in [0.2, 0.25) is 25.7 Å². The third-order valence-electron chi connectivity index (χ3n) is 4.33. The molecule has 0 saturated heterocycles. The molecule has 0 unspecified atom stereocenters. The lowest BCUT2D eigenvalue weighted by molar-refractivity contribution is 0.0697. The number of aromatic nitrogens is 2. The van der Waals surface area contributed by atoms with E-state index < -0.39 is 14.0 Å². The lowest BCUT2D eigenvalue weighted by atomic mass is 10.1. The van der Waals surface area contributed by atoms with Crippen molar-refractivity contribution in [2.45, 2.75) is 32.4 Å². The normalized spacial score (nSPS) is 11.8. The Morgan fingerprint density at radius 3 is 2.54 bits per heavy atom.